The summed E-state index contributed by atoms with van der Waals surface area (Å²) in [6.07, 6.45) is 3.94. The predicted octanol–water partition coefficient (Wildman–Crippen LogP) is 2.87. The highest BCUT2D eigenvalue weighted by molar-refractivity contribution is 5.86. The van der Waals surface area contributed by atoms with Crippen LogP contribution in [0.2, 0.25) is 0 Å². The fourth-order valence-electron chi connectivity index (χ4n) is 3.84. The third-order valence-corrected chi connectivity index (χ3v) is 4.59. The molecule has 2 aromatic rings. The van der Waals surface area contributed by atoms with Crippen molar-refractivity contribution in [1.29, 1.82) is 0 Å². The zero-order valence-corrected chi connectivity index (χ0v) is 10.3. The van der Waals surface area contributed by atoms with E-state index in [9.17, 15) is 0 Å². The Hall–Kier alpha value is -1.28. The van der Waals surface area contributed by atoms with Crippen LogP contribution in [0.1, 0.15) is 30.1 Å². The highest BCUT2D eigenvalue weighted by Gasteiger charge is 2.34. The van der Waals surface area contributed by atoms with Crippen LogP contribution in [0.5, 0.6) is 0 Å². The van der Waals surface area contributed by atoms with Gasteiger partial charge in [0, 0.05) is 30.2 Å². The Bertz CT molecular complexity index is 582. The molecule has 1 aromatic heterocycles. The monoisotopic (exact) mass is 226 g/mol. The number of fused-ring (bicyclic) bond motifs is 5. The van der Waals surface area contributed by atoms with Crippen LogP contribution in [0.25, 0.3) is 10.9 Å². The van der Waals surface area contributed by atoms with E-state index in [-0.39, 0.29) is 0 Å². The molecule has 0 spiro atoms. The maximum absolute atomic E-state index is 2.67. The smallest absolute Gasteiger partial charge is 0.0504 e. The molecule has 0 bridgehead atoms. The number of aromatic nitrogens is 1. The summed E-state index contributed by atoms with van der Waals surface area (Å²) in [5.74, 6) is 0. The Kier molecular flexibility index (Phi) is 1.92. The molecule has 0 saturated carbocycles. The van der Waals surface area contributed by atoms with Crippen LogP contribution < -0.4 is 0 Å². The molecule has 2 aliphatic rings. The van der Waals surface area contributed by atoms with Crippen LogP contribution in [-0.4, -0.2) is 22.6 Å². The van der Waals surface area contributed by atoms with Crippen molar-refractivity contribution >= 4 is 10.9 Å². The lowest BCUT2D eigenvalue weighted by Gasteiger charge is -2.30. The Balaban J connectivity index is 2.03. The SMILES string of the molecule is Cn1c2c(c3ccccc31)CCN1CCC[C@@H]21. The second-order valence-corrected chi connectivity index (χ2v) is 5.38. The minimum atomic E-state index is 0.691. The van der Waals surface area contributed by atoms with Crippen molar-refractivity contribution < 1.29 is 0 Å². The van der Waals surface area contributed by atoms with E-state index in [4.69, 9.17) is 0 Å². The summed E-state index contributed by atoms with van der Waals surface area (Å²) in [6.45, 7) is 2.55. The summed E-state index contributed by atoms with van der Waals surface area (Å²) in [5.41, 5.74) is 4.62. The molecule has 3 heterocycles. The lowest BCUT2D eigenvalue weighted by molar-refractivity contribution is 0.236. The number of hydrogen-bond donors (Lipinski definition) is 0. The molecule has 2 nitrogen and oxygen atoms in total. The van der Waals surface area contributed by atoms with Crippen LogP contribution >= 0.6 is 0 Å². The molecule has 1 fully saturated rings. The van der Waals surface area contributed by atoms with Crippen LogP contribution in [0.3, 0.4) is 0 Å². The number of para-hydroxylation sites is 1. The van der Waals surface area contributed by atoms with Crippen molar-refractivity contribution in [1.82, 2.24) is 9.47 Å². The Morgan fingerprint density at radius 3 is 3.00 bits per heavy atom. The molecule has 1 saturated heterocycles. The average molecular weight is 226 g/mol. The Labute approximate surface area is 102 Å². The minimum absolute atomic E-state index is 0.691. The zero-order chi connectivity index (χ0) is 11.4. The van der Waals surface area contributed by atoms with E-state index in [1.54, 1.807) is 11.3 Å². The third-order valence-electron chi connectivity index (χ3n) is 4.59. The maximum Gasteiger partial charge on any atom is 0.0504 e. The molecule has 0 N–H and O–H groups in total. The molecule has 0 amide bonds. The predicted molar refractivity (Wildman–Crippen MR) is 70.2 cm³/mol. The lowest BCUT2D eigenvalue weighted by Crippen LogP contribution is -2.31. The quantitative estimate of drug-likeness (QED) is 0.670. The van der Waals surface area contributed by atoms with Crippen molar-refractivity contribution in [2.24, 2.45) is 7.05 Å². The number of aryl methyl sites for hydroxylation is 1. The first-order chi connectivity index (χ1) is 8.36. The maximum atomic E-state index is 2.67. The Morgan fingerprint density at radius 1 is 1.18 bits per heavy atom. The van der Waals surface area contributed by atoms with Crippen molar-refractivity contribution in [3.8, 4) is 0 Å². The van der Waals surface area contributed by atoms with Gasteiger partial charge in [0.1, 0.15) is 0 Å². The van der Waals surface area contributed by atoms with Crippen LogP contribution in [-0.2, 0) is 13.5 Å². The number of hydrogen-bond acceptors (Lipinski definition) is 1. The summed E-state index contributed by atoms with van der Waals surface area (Å²) in [6, 6.07) is 9.56. The van der Waals surface area contributed by atoms with Gasteiger partial charge in [0.05, 0.1) is 6.04 Å². The van der Waals surface area contributed by atoms with Gasteiger partial charge in [0.2, 0.25) is 0 Å². The summed E-state index contributed by atoms with van der Waals surface area (Å²) in [5, 5.41) is 1.48. The highest BCUT2D eigenvalue weighted by Crippen LogP contribution is 2.41. The molecule has 1 aromatic carbocycles. The van der Waals surface area contributed by atoms with Crippen molar-refractivity contribution in [3.63, 3.8) is 0 Å². The van der Waals surface area contributed by atoms with Gasteiger partial charge in [-0.3, -0.25) is 4.90 Å². The first-order valence-electron chi connectivity index (χ1n) is 6.66. The van der Waals surface area contributed by atoms with Crippen molar-refractivity contribution in [2.45, 2.75) is 25.3 Å². The topological polar surface area (TPSA) is 8.17 Å². The molecule has 2 aliphatic heterocycles. The van der Waals surface area contributed by atoms with Crippen molar-refractivity contribution in [2.75, 3.05) is 13.1 Å². The van der Waals surface area contributed by atoms with Crippen LogP contribution in [0.15, 0.2) is 24.3 Å². The van der Waals surface area contributed by atoms with Gasteiger partial charge in [-0.05, 0) is 37.4 Å². The minimum Gasteiger partial charge on any atom is -0.346 e. The van der Waals surface area contributed by atoms with Gasteiger partial charge in [0.15, 0.2) is 0 Å². The van der Waals surface area contributed by atoms with Crippen LogP contribution in [0, 0.1) is 0 Å². The van der Waals surface area contributed by atoms with Gasteiger partial charge in [0.25, 0.3) is 0 Å². The third kappa shape index (κ3) is 1.19. The fraction of sp³-hybridized carbons (Fsp3) is 0.467. The normalized spacial score (nSPS) is 23.9. The largest absolute Gasteiger partial charge is 0.346 e. The molecular weight excluding hydrogens is 208 g/mol. The van der Waals surface area contributed by atoms with Gasteiger partial charge in [-0.25, -0.2) is 0 Å². The van der Waals surface area contributed by atoms with Gasteiger partial charge >= 0.3 is 0 Å². The van der Waals surface area contributed by atoms with Gasteiger partial charge in [-0.1, -0.05) is 18.2 Å². The van der Waals surface area contributed by atoms with E-state index < -0.39 is 0 Å². The average Bonchev–Trinajstić information content (AvgIpc) is 2.93. The molecule has 0 unspecified atom stereocenters. The standard InChI is InChI=1S/C15H18N2/c1-16-13-6-3-2-5-11(13)12-8-10-17-9-4-7-14(17)15(12)16/h2-3,5-6,14H,4,7-10H2,1H3/t14-/m0/s1. The molecule has 17 heavy (non-hydrogen) atoms. The summed E-state index contributed by atoms with van der Waals surface area (Å²) < 4.78 is 2.44. The number of benzene rings is 1. The van der Waals surface area contributed by atoms with Crippen molar-refractivity contribution in [3.05, 3.63) is 35.5 Å². The molecule has 1 atom stereocenters. The first-order valence-corrected chi connectivity index (χ1v) is 6.66. The van der Waals surface area contributed by atoms with E-state index in [1.807, 2.05) is 0 Å². The van der Waals surface area contributed by atoms with E-state index >= 15 is 0 Å². The summed E-state index contributed by atoms with van der Waals surface area (Å²) >= 11 is 0. The molecular formula is C15H18N2. The second kappa shape index (κ2) is 3.36. The molecule has 4 rings (SSSR count). The summed E-state index contributed by atoms with van der Waals surface area (Å²) in [4.78, 5) is 2.67. The van der Waals surface area contributed by atoms with Crippen LogP contribution in [0.4, 0.5) is 0 Å². The summed E-state index contributed by atoms with van der Waals surface area (Å²) in [7, 11) is 2.24. The fourth-order valence-corrected chi connectivity index (χ4v) is 3.84. The number of nitrogens with zero attached hydrogens (tertiary/aromatic N) is 2. The van der Waals surface area contributed by atoms with Gasteiger partial charge < -0.3 is 4.57 Å². The van der Waals surface area contributed by atoms with Gasteiger partial charge in [-0.2, -0.15) is 0 Å². The van der Waals surface area contributed by atoms with E-state index in [1.165, 1.54) is 43.3 Å². The second-order valence-electron chi connectivity index (χ2n) is 5.38. The van der Waals surface area contributed by atoms with E-state index in [0.29, 0.717) is 6.04 Å². The molecule has 0 radical (unpaired) electrons. The number of rotatable bonds is 0. The Morgan fingerprint density at radius 2 is 2.06 bits per heavy atom. The van der Waals surface area contributed by atoms with E-state index in [0.717, 1.165) is 0 Å². The van der Waals surface area contributed by atoms with E-state index in [2.05, 4.69) is 40.8 Å². The highest BCUT2D eigenvalue weighted by atomic mass is 15.2. The molecule has 88 valence electrons. The molecule has 2 heteroatoms. The molecule has 0 aliphatic carbocycles. The first kappa shape index (κ1) is 9.72. The zero-order valence-electron chi connectivity index (χ0n) is 10.3. The van der Waals surface area contributed by atoms with Gasteiger partial charge in [-0.15, -0.1) is 0 Å². The lowest BCUT2D eigenvalue weighted by atomic mass is 9.98.